The Labute approximate surface area is 124 Å². The Morgan fingerprint density at radius 2 is 1.67 bits per heavy atom. The van der Waals surface area contributed by atoms with Crippen LogP contribution in [0.1, 0.15) is 40.5 Å². The molecule has 2 aliphatic heterocycles. The first-order valence-electron chi connectivity index (χ1n) is 7.44. The molecule has 0 bridgehead atoms. The molecule has 1 N–H and O–H groups in total. The molecule has 1 fully saturated rings. The lowest BCUT2D eigenvalue weighted by molar-refractivity contribution is -0.0995. The van der Waals surface area contributed by atoms with Gasteiger partial charge in [0.2, 0.25) is 0 Å². The van der Waals surface area contributed by atoms with Gasteiger partial charge in [-0.3, -0.25) is 19.4 Å². The zero-order chi connectivity index (χ0) is 15.0. The number of hydrogen-bond donors (Lipinski definition) is 1. The van der Waals surface area contributed by atoms with E-state index >= 15 is 0 Å². The average molecular weight is 288 g/mol. The Morgan fingerprint density at radius 3 is 2.19 bits per heavy atom. The van der Waals surface area contributed by atoms with Crippen LogP contribution in [-0.4, -0.2) is 58.5 Å². The maximum atomic E-state index is 12.2. The number of likely N-dealkylation sites (tertiary alicyclic amines) is 1. The summed E-state index contributed by atoms with van der Waals surface area (Å²) in [5.74, 6) is -0.381. The van der Waals surface area contributed by atoms with Crippen molar-refractivity contribution in [3.05, 3.63) is 35.4 Å². The standard InChI is InChI=1S/C16H20N2O3/c1-2-16(21)10-17(11-16)8-5-9-18-14(19)12-6-3-4-7-13(12)15(18)20/h3-4,6-7,21H,2,5,8-11H2,1H3. The summed E-state index contributed by atoms with van der Waals surface area (Å²) in [5.41, 5.74) is 0.480. The van der Waals surface area contributed by atoms with Crippen LogP contribution in [-0.2, 0) is 0 Å². The van der Waals surface area contributed by atoms with E-state index in [1.165, 1.54) is 4.90 Å². The van der Waals surface area contributed by atoms with E-state index in [1.54, 1.807) is 24.3 Å². The smallest absolute Gasteiger partial charge is 0.261 e. The van der Waals surface area contributed by atoms with Crippen LogP contribution in [0.5, 0.6) is 0 Å². The second kappa shape index (κ2) is 5.24. The number of carbonyl (C=O) groups is 2. The molecule has 5 heteroatoms. The second-order valence-corrected chi connectivity index (χ2v) is 5.95. The highest BCUT2D eigenvalue weighted by atomic mass is 16.3. The van der Waals surface area contributed by atoms with E-state index in [-0.39, 0.29) is 11.8 Å². The summed E-state index contributed by atoms with van der Waals surface area (Å²) >= 11 is 0. The van der Waals surface area contributed by atoms with Crippen LogP contribution in [0.2, 0.25) is 0 Å². The summed E-state index contributed by atoms with van der Waals surface area (Å²) in [6.45, 7) is 4.59. The molecule has 0 aromatic heterocycles. The molecule has 1 saturated heterocycles. The monoisotopic (exact) mass is 288 g/mol. The van der Waals surface area contributed by atoms with Crippen molar-refractivity contribution in [3.63, 3.8) is 0 Å². The van der Waals surface area contributed by atoms with Crippen molar-refractivity contribution < 1.29 is 14.7 Å². The number of aliphatic hydroxyl groups is 1. The van der Waals surface area contributed by atoms with Crippen molar-refractivity contribution in [1.29, 1.82) is 0 Å². The number of amides is 2. The van der Waals surface area contributed by atoms with E-state index < -0.39 is 5.60 Å². The minimum absolute atomic E-state index is 0.190. The molecule has 1 aromatic carbocycles. The first kappa shape index (κ1) is 14.2. The largest absolute Gasteiger partial charge is 0.387 e. The van der Waals surface area contributed by atoms with Crippen molar-refractivity contribution >= 4 is 11.8 Å². The Morgan fingerprint density at radius 1 is 1.10 bits per heavy atom. The first-order chi connectivity index (χ1) is 10.0. The number of imide groups is 1. The predicted molar refractivity (Wildman–Crippen MR) is 78.1 cm³/mol. The summed E-state index contributed by atoms with van der Waals surface area (Å²) in [4.78, 5) is 27.8. The lowest BCUT2D eigenvalue weighted by Crippen LogP contribution is -2.61. The Kier molecular flexibility index (Phi) is 3.55. The predicted octanol–water partition coefficient (Wildman–Crippen LogP) is 1.13. The van der Waals surface area contributed by atoms with E-state index in [9.17, 15) is 14.7 Å². The minimum atomic E-state index is -0.532. The van der Waals surface area contributed by atoms with Crippen LogP contribution in [0.25, 0.3) is 0 Å². The van der Waals surface area contributed by atoms with Gasteiger partial charge in [0.25, 0.3) is 11.8 Å². The van der Waals surface area contributed by atoms with Crippen molar-refractivity contribution in [2.75, 3.05) is 26.2 Å². The van der Waals surface area contributed by atoms with Gasteiger partial charge in [-0.2, -0.15) is 0 Å². The number of carbonyl (C=O) groups excluding carboxylic acids is 2. The highest BCUT2D eigenvalue weighted by Gasteiger charge is 2.39. The normalized spacial score (nSPS) is 20.6. The molecule has 0 radical (unpaired) electrons. The third-order valence-corrected chi connectivity index (χ3v) is 4.43. The van der Waals surface area contributed by atoms with Gasteiger partial charge in [0, 0.05) is 26.2 Å². The molecule has 2 heterocycles. The fourth-order valence-electron chi connectivity index (χ4n) is 3.06. The van der Waals surface area contributed by atoms with E-state index in [0.717, 1.165) is 19.4 Å². The van der Waals surface area contributed by atoms with Crippen LogP contribution in [0, 0.1) is 0 Å². The number of rotatable bonds is 5. The third-order valence-electron chi connectivity index (χ3n) is 4.43. The van der Waals surface area contributed by atoms with Gasteiger partial charge < -0.3 is 5.11 Å². The molecule has 1 aromatic rings. The van der Waals surface area contributed by atoms with Gasteiger partial charge in [0.1, 0.15) is 0 Å². The Balaban J connectivity index is 1.52. The Hall–Kier alpha value is -1.72. The van der Waals surface area contributed by atoms with Gasteiger partial charge in [-0.05, 0) is 25.0 Å². The molecule has 2 amide bonds. The van der Waals surface area contributed by atoms with Crippen LogP contribution in [0.15, 0.2) is 24.3 Å². The number of hydrogen-bond acceptors (Lipinski definition) is 4. The molecule has 21 heavy (non-hydrogen) atoms. The molecule has 0 saturated carbocycles. The second-order valence-electron chi connectivity index (χ2n) is 5.95. The molecule has 2 aliphatic rings. The van der Waals surface area contributed by atoms with Crippen molar-refractivity contribution in [3.8, 4) is 0 Å². The number of benzene rings is 1. The van der Waals surface area contributed by atoms with Gasteiger partial charge >= 0.3 is 0 Å². The van der Waals surface area contributed by atoms with Crippen LogP contribution in [0.3, 0.4) is 0 Å². The molecule has 3 rings (SSSR count). The fourth-order valence-corrected chi connectivity index (χ4v) is 3.06. The van der Waals surface area contributed by atoms with E-state index in [0.29, 0.717) is 30.8 Å². The maximum Gasteiger partial charge on any atom is 0.261 e. The van der Waals surface area contributed by atoms with Crippen molar-refractivity contribution in [2.45, 2.75) is 25.4 Å². The molecule has 0 spiro atoms. The number of β-amino-alcohol motifs (C(OH)–C–C–N with tert-alkyl or cyclic N) is 1. The number of nitrogens with zero attached hydrogens (tertiary/aromatic N) is 2. The van der Waals surface area contributed by atoms with Crippen LogP contribution in [0.4, 0.5) is 0 Å². The topological polar surface area (TPSA) is 60.9 Å². The summed E-state index contributed by atoms with van der Waals surface area (Å²) in [7, 11) is 0. The summed E-state index contributed by atoms with van der Waals surface area (Å²) in [6.07, 6.45) is 1.51. The molecule has 0 unspecified atom stereocenters. The third kappa shape index (κ3) is 2.47. The summed E-state index contributed by atoms with van der Waals surface area (Å²) in [5, 5.41) is 9.94. The zero-order valence-corrected chi connectivity index (χ0v) is 12.2. The fraction of sp³-hybridized carbons (Fsp3) is 0.500. The summed E-state index contributed by atoms with van der Waals surface area (Å²) in [6, 6.07) is 6.96. The molecule has 5 nitrogen and oxygen atoms in total. The Bertz CT molecular complexity index is 544. The molecular weight excluding hydrogens is 268 g/mol. The molecular formula is C16H20N2O3. The van der Waals surface area contributed by atoms with Crippen molar-refractivity contribution in [1.82, 2.24) is 9.80 Å². The van der Waals surface area contributed by atoms with Gasteiger partial charge in [0.05, 0.1) is 16.7 Å². The molecule has 112 valence electrons. The van der Waals surface area contributed by atoms with Gasteiger partial charge in [-0.1, -0.05) is 19.1 Å². The lowest BCUT2D eigenvalue weighted by Gasteiger charge is -2.46. The lowest BCUT2D eigenvalue weighted by atomic mass is 9.91. The SMILES string of the molecule is CCC1(O)CN(CCCN2C(=O)c3ccccc3C2=O)C1. The highest BCUT2D eigenvalue weighted by molar-refractivity contribution is 6.21. The molecule has 0 atom stereocenters. The van der Waals surface area contributed by atoms with Gasteiger partial charge in [0.15, 0.2) is 0 Å². The maximum absolute atomic E-state index is 12.2. The first-order valence-corrected chi connectivity index (χ1v) is 7.44. The van der Waals surface area contributed by atoms with E-state index in [1.807, 2.05) is 6.92 Å². The highest BCUT2D eigenvalue weighted by Crippen LogP contribution is 2.25. The van der Waals surface area contributed by atoms with Crippen molar-refractivity contribution in [2.24, 2.45) is 0 Å². The van der Waals surface area contributed by atoms with E-state index in [4.69, 9.17) is 0 Å². The van der Waals surface area contributed by atoms with Gasteiger partial charge in [-0.15, -0.1) is 0 Å². The minimum Gasteiger partial charge on any atom is -0.387 e. The number of fused-ring (bicyclic) bond motifs is 1. The summed E-state index contributed by atoms with van der Waals surface area (Å²) < 4.78 is 0. The quantitative estimate of drug-likeness (QED) is 0.825. The average Bonchev–Trinajstić information content (AvgIpc) is 2.70. The van der Waals surface area contributed by atoms with Crippen LogP contribution >= 0.6 is 0 Å². The zero-order valence-electron chi connectivity index (χ0n) is 12.2. The van der Waals surface area contributed by atoms with E-state index in [2.05, 4.69) is 4.90 Å². The van der Waals surface area contributed by atoms with Crippen LogP contribution < -0.4 is 0 Å². The molecule has 0 aliphatic carbocycles. The van der Waals surface area contributed by atoms with Gasteiger partial charge in [-0.25, -0.2) is 0 Å².